The van der Waals surface area contributed by atoms with Gasteiger partial charge in [-0.3, -0.25) is 0 Å². The minimum Gasteiger partial charge on any atom is -0.313 e. The molecule has 1 heterocycles. The van der Waals surface area contributed by atoms with Gasteiger partial charge in [-0.25, -0.2) is 0 Å². The van der Waals surface area contributed by atoms with Crippen LogP contribution in [0, 0.1) is 0 Å². The van der Waals surface area contributed by atoms with Crippen LogP contribution in [0.15, 0.2) is 27.1 Å². The molecule has 0 amide bonds. The number of rotatable bonds is 4. The van der Waals surface area contributed by atoms with Crippen molar-refractivity contribution in [3.63, 3.8) is 0 Å². The van der Waals surface area contributed by atoms with Crippen LogP contribution in [0.4, 0.5) is 0 Å². The van der Waals surface area contributed by atoms with E-state index < -0.39 is 0 Å². The second kappa shape index (κ2) is 5.90. The third-order valence-electron chi connectivity index (χ3n) is 2.62. The fourth-order valence-corrected chi connectivity index (χ4v) is 3.06. The fourth-order valence-electron chi connectivity index (χ4n) is 1.74. The van der Waals surface area contributed by atoms with Crippen LogP contribution in [0.25, 0.3) is 0 Å². The molecule has 0 fully saturated rings. The highest BCUT2D eigenvalue weighted by Crippen LogP contribution is 2.28. The van der Waals surface area contributed by atoms with Crippen LogP contribution in [0.5, 0.6) is 0 Å². The summed E-state index contributed by atoms with van der Waals surface area (Å²) in [6.45, 7) is 0. The van der Waals surface area contributed by atoms with Gasteiger partial charge in [0.2, 0.25) is 0 Å². The molecule has 0 saturated heterocycles. The average molecular weight is 375 g/mol. The molecule has 5 nitrogen and oxygen atoms in total. The lowest BCUT2D eigenvalue weighted by atomic mass is 10.0. The molecule has 0 aliphatic rings. The van der Waals surface area contributed by atoms with Gasteiger partial charge in [-0.05, 0) is 30.0 Å². The second-order valence-corrected chi connectivity index (χ2v) is 5.68. The fraction of sp³-hybridized carbons (Fsp3) is 0.364. The Bertz CT molecular complexity index is 540. The molecule has 1 atom stereocenters. The van der Waals surface area contributed by atoms with Crippen LogP contribution in [0.3, 0.4) is 0 Å². The normalized spacial score (nSPS) is 12.7. The SMILES string of the molecule is CNC(Cc1nnn(C)n1)c1ccc(Br)cc1Br. The van der Waals surface area contributed by atoms with Gasteiger partial charge in [0, 0.05) is 21.4 Å². The lowest BCUT2D eigenvalue weighted by Crippen LogP contribution is -2.20. The highest BCUT2D eigenvalue weighted by atomic mass is 79.9. The Hall–Kier alpha value is -0.790. The van der Waals surface area contributed by atoms with Gasteiger partial charge in [0.05, 0.1) is 7.05 Å². The van der Waals surface area contributed by atoms with E-state index in [4.69, 9.17) is 0 Å². The number of aryl methyl sites for hydroxylation is 1. The molecule has 0 radical (unpaired) electrons. The minimum atomic E-state index is 0.150. The maximum atomic E-state index is 4.20. The summed E-state index contributed by atoms with van der Waals surface area (Å²) in [5.74, 6) is 0.728. The predicted molar refractivity (Wildman–Crippen MR) is 76.1 cm³/mol. The van der Waals surface area contributed by atoms with Crippen LogP contribution in [-0.2, 0) is 13.5 Å². The molecule has 0 saturated carbocycles. The summed E-state index contributed by atoms with van der Waals surface area (Å²) >= 11 is 7.02. The zero-order valence-electron chi connectivity index (χ0n) is 10.1. The van der Waals surface area contributed by atoms with Crippen LogP contribution in [0.2, 0.25) is 0 Å². The van der Waals surface area contributed by atoms with E-state index in [0.717, 1.165) is 14.8 Å². The Morgan fingerprint density at radius 3 is 2.72 bits per heavy atom. The minimum absolute atomic E-state index is 0.150. The Kier molecular flexibility index (Phi) is 4.47. The number of hydrogen-bond acceptors (Lipinski definition) is 4. The number of nitrogens with zero attached hydrogens (tertiary/aromatic N) is 4. The van der Waals surface area contributed by atoms with E-state index in [1.807, 2.05) is 19.2 Å². The molecule has 0 spiro atoms. The molecule has 2 rings (SSSR count). The summed E-state index contributed by atoms with van der Waals surface area (Å²) in [5.41, 5.74) is 1.17. The highest BCUT2D eigenvalue weighted by Gasteiger charge is 2.16. The molecule has 1 aromatic heterocycles. The van der Waals surface area contributed by atoms with Crippen LogP contribution in [-0.4, -0.2) is 27.3 Å². The van der Waals surface area contributed by atoms with Gasteiger partial charge in [0.25, 0.3) is 0 Å². The first-order valence-corrected chi connectivity index (χ1v) is 7.04. The third-order valence-corrected chi connectivity index (χ3v) is 3.80. The van der Waals surface area contributed by atoms with Gasteiger partial charge < -0.3 is 5.32 Å². The number of benzene rings is 1. The molecule has 1 unspecified atom stereocenters. The smallest absolute Gasteiger partial charge is 0.176 e. The summed E-state index contributed by atoms with van der Waals surface area (Å²) in [6, 6.07) is 6.28. The molecule has 0 aliphatic heterocycles. The maximum Gasteiger partial charge on any atom is 0.176 e. The van der Waals surface area contributed by atoms with Crippen LogP contribution < -0.4 is 5.32 Å². The summed E-state index contributed by atoms with van der Waals surface area (Å²) in [4.78, 5) is 1.47. The lowest BCUT2D eigenvalue weighted by molar-refractivity contribution is 0.568. The van der Waals surface area contributed by atoms with Gasteiger partial charge >= 0.3 is 0 Å². The van der Waals surface area contributed by atoms with Crippen LogP contribution >= 0.6 is 31.9 Å². The van der Waals surface area contributed by atoms with Crippen molar-refractivity contribution in [1.82, 2.24) is 25.5 Å². The molecular weight excluding hydrogens is 362 g/mol. The number of tetrazole rings is 1. The monoisotopic (exact) mass is 373 g/mol. The van der Waals surface area contributed by atoms with Crippen molar-refractivity contribution in [2.24, 2.45) is 7.05 Å². The van der Waals surface area contributed by atoms with E-state index in [9.17, 15) is 0 Å². The largest absolute Gasteiger partial charge is 0.313 e. The van der Waals surface area contributed by atoms with E-state index in [2.05, 4.69) is 58.7 Å². The van der Waals surface area contributed by atoms with Crippen molar-refractivity contribution in [3.8, 4) is 0 Å². The summed E-state index contributed by atoms with van der Waals surface area (Å²) in [7, 11) is 3.69. The average Bonchev–Trinajstić information content (AvgIpc) is 2.72. The number of halogens is 2. The molecule has 18 heavy (non-hydrogen) atoms. The van der Waals surface area contributed by atoms with E-state index in [1.165, 1.54) is 10.4 Å². The highest BCUT2D eigenvalue weighted by molar-refractivity contribution is 9.11. The van der Waals surface area contributed by atoms with Gasteiger partial charge in [0.1, 0.15) is 0 Å². The number of hydrogen-bond donors (Lipinski definition) is 1. The topological polar surface area (TPSA) is 55.6 Å². The molecule has 0 bridgehead atoms. The molecule has 1 N–H and O–H groups in total. The molecule has 0 aliphatic carbocycles. The Morgan fingerprint density at radius 2 is 2.17 bits per heavy atom. The first-order chi connectivity index (χ1) is 8.60. The molecule has 2 aromatic rings. The van der Waals surface area contributed by atoms with Crippen molar-refractivity contribution in [2.45, 2.75) is 12.5 Å². The van der Waals surface area contributed by atoms with Gasteiger partial charge in [-0.1, -0.05) is 37.9 Å². The van der Waals surface area contributed by atoms with Crippen molar-refractivity contribution >= 4 is 31.9 Å². The molecule has 1 aromatic carbocycles. The Balaban J connectivity index is 2.22. The van der Waals surface area contributed by atoms with Gasteiger partial charge in [-0.2, -0.15) is 4.80 Å². The number of aromatic nitrogens is 4. The quantitative estimate of drug-likeness (QED) is 0.891. The molecular formula is C11H13Br2N5. The Morgan fingerprint density at radius 1 is 1.39 bits per heavy atom. The number of nitrogens with one attached hydrogen (secondary N) is 1. The summed E-state index contributed by atoms with van der Waals surface area (Å²) in [6.07, 6.45) is 0.699. The third kappa shape index (κ3) is 3.15. The molecule has 96 valence electrons. The van der Waals surface area contributed by atoms with Gasteiger partial charge in [-0.15, -0.1) is 10.2 Å². The summed E-state index contributed by atoms with van der Waals surface area (Å²) < 4.78 is 2.10. The Labute approximate surface area is 122 Å². The van der Waals surface area contributed by atoms with E-state index in [-0.39, 0.29) is 6.04 Å². The zero-order chi connectivity index (χ0) is 13.1. The first-order valence-electron chi connectivity index (χ1n) is 5.45. The van der Waals surface area contributed by atoms with E-state index in [1.54, 1.807) is 7.05 Å². The second-order valence-electron chi connectivity index (χ2n) is 3.91. The standard InChI is InChI=1S/C11H13Br2N5/c1-14-10(6-11-15-17-18(2)16-11)8-4-3-7(12)5-9(8)13/h3-5,10,14H,6H2,1-2H3. The zero-order valence-corrected chi connectivity index (χ0v) is 13.2. The van der Waals surface area contributed by atoms with E-state index in [0.29, 0.717) is 6.42 Å². The first kappa shape index (κ1) is 13.6. The maximum absolute atomic E-state index is 4.20. The van der Waals surface area contributed by atoms with E-state index >= 15 is 0 Å². The lowest BCUT2D eigenvalue weighted by Gasteiger charge is -2.16. The van der Waals surface area contributed by atoms with Gasteiger partial charge in [0.15, 0.2) is 5.82 Å². The van der Waals surface area contributed by atoms with Crippen molar-refractivity contribution in [1.29, 1.82) is 0 Å². The van der Waals surface area contributed by atoms with Crippen molar-refractivity contribution in [3.05, 3.63) is 38.5 Å². The summed E-state index contributed by atoms with van der Waals surface area (Å²) in [5, 5.41) is 15.3. The van der Waals surface area contributed by atoms with Crippen LogP contribution in [0.1, 0.15) is 17.4 Å². The number of likely N-dealkylation sites (N-methyl/N-ethyl adjacent to an activating group) is 1. The van der Waals surface area contributed by atoms with Crippen molar-refractivity contribution in [2.75, 3.05) is 7.05 Å². The molecule has 7 heteroatoms. The van der Waals surface area contributed by atoms with Crippen molar-refractivity contribution < 1.29 is 0 Å². The predicted octanol–water partition coefficient (Wildman–Crippen LogP) is 2.24.